The number of hydrogen-bond donors (Lipinski definition) is 1. The van der Waals surface area contributed by atoms with E-state index < -0.39 is 5.51 Å². The predicted molar refractivity (Wildman–Crippen MR) is 74.0 cm³/mol. The number of rotatable bonds is 9. The summed E-state index contributed by atoms with van der Waals surface area (Å²) in [6, 6.07) is 7.30. The first-order valence-electron chi connectivity index (χ1n) is 6.14. The average molecular weight is 309 g/mol. The van der Waals surface area contributed by atoms with Gasteiger partial charge in [0.1, 0.15) is 5.75 Å². The number of nitrogens with one attached hydrogen (secondary N) is 1. The van der Waals surface area contributed by atoms with Crippen molar-refractivity contribution in [2.75, 3.05) is 32.6 Å². The minimum absolute atomic E-state index is 0.0270. The molecule has 0 unspecified atom stereocenters. The fourth-order valence-electron chi connectivity index (χ4n) is 1.50. The Bertz CT molecular complexity index is 388. The second-order valence-electron chi connectivity index (χ2n) is 3.92. The molecule has 0 spiro atoms. The maximum Gasteiger partial charge on any atom is 0.441 e. The molecule has 0 saturated heterocycles. The number of ether oxygens (including phenoxy) is 2. The summed E-state index contributed by atoms with van der Waals surface area (Å²) in [5, 5.41) is 3.17. The van der Waals surface area contributed by atoms with Crippen LogP contribution >= 0.6 is 11.8 Å². The summed E-state index contributed by atoms with van der Waals surface area (Å²) in [7, 11) is 1.62. The molecule has 0 saturated carbocycles. The van der Waals surface area contributed by atoms with Crippen LogP contribution in [-0.4, -0.2) is 38.1 Å². The maximum absolute atomic E-state index is 12.0. The summed E-state index contributed by atoms with van der Waals surface area (Å²) in [5.41, 5.74) is -3.29. The number of alkyl halides is 3. The van der Waals surface area contributed by atoms with Crippen LogP contribution in [0.4, 0.5) is 13.2 Å². The molecule has 0 fully saturated rings. The van der Waals surface area contributed by atoms with Crippen molar-refractivity contribution in [3.63, 3.8) is 0 Å². The molecule has 0 heterocycles. The van der Waals surface area contributed by atoms with E-state index in [0.29, 0.717) is 25.4 Å². The lowest BCUT2D eigenvalue weighted by Gasteiger charge is -2.12. The third-order valence-corrected chi connectivity index (χ3v) is 3.08. The van der Waals surface area contributed by atoms with Crippen molar-refractivity contribution in [1.82, 2.24) is 5.32 Å². The number of thioether (sulfide) groups is 1. The molecule has 0 atom stereocenters. The zero-order valence-electron chi connectivity index (χ0n) is 11.2. The van der Waals surface area contributed by atoms with Gasteiger partial charge in [-0.2, -0.15) is 13.2 Å². The Morgan fingerprint density at radius 2 is 1.95 bits per heavy atom. The van der Waals surface area contributed by atoms with E-state index in [9.17, 15) is 13.2 Å². The lowest BCUT2D eigenvalue weighted by Crippen LogP contribution is -2.19. The van der Waals surface area contributed by atoms with Crippen molar-refractivity contribution in [2.24, 2.45) is 0 Å². The summed E-state index contributed by atoms with van der Waals surface area (Å²) >= 11 is -0.0740. The molecule has 0 amide bonds. The van der Waals surface area contributed by atoms with Crippen molar-refractivity contribution in [2.45, 2.75) is 12.1 Å². The number of hydrogen-bond acceptors (Lipinski definition) is 4. The molecule has 0 aliphatic heterocycles. The van der Waals surface area contributed by atoms with E-state index in [1.807, 2.05) is 12.1 Å². The third-order valence-electron chi connectivity index (χ3n) is 2.38. The monoisotopic (exact) mass is 309 g/mol. The Morgan fingerprint density at radius 1 is 1.20 bits per heavy atom. The second kappa shape index (κ2) is 9.10. The summed E-state index contributed by atoms with van der Waals surface area (Å²) in [6.45, 7) is 1.92. The van der Waals surface area contributed by atoms with Crippen molar-refractivity contribution in [3.8, 4) is 5.75 Å². The summed E-state index contributed by atoms with van der Waals surface area (Å²) in [5.74, 6) is 0.495. The van der Waals surface area contributed by atoms with E-state index in [1.54, 1.807) is 19.2 Å². The Morgan fingerprint density at radius 3 is 2.65 bits per heavy atom. The van der Waals surface area contributed by atoms with Gasteiger partial charge >= 0.3 is 5.51 Å². The molecule has 7 heteroatoms. The quantitative estimate of drug-likeness (QED) is 0.710. The number of benzene rings is 1. The van der Waals surface area contributed by atoms with Crippen molar-refractivity contribution < 1.29 is 22.6 Å². The van der Waals surface area contributed by atoms with Crippen LogP contribution in [-0.2, 0) is 11.3 Å². The van der Waals surface area contributed by atoms with Crippen LogP contribution in [0.5, 0.6) is 5.75 Å². The molecular weight excluding hydrogens is 291 g/mol. The largest absolute Gasteiger partial charge is 0.492 e. The molecule has 20 heavy (non-hydrogen) atoms. The first kappa shape index (κ1) is 17.1. The van der Waals surface area contributed by atoms with E-state index in [1.165, 1.54) is 0 Å². The van der Waals surface area contributed by atoms with Crippen LogP contribution in [0.1, 0.15) is 5.56 Å². The van der Waals surface area contributed by atoms with Crippen LogP contribution in [0.2, 0.25) is 0 Å². The van der Waals surface area contributed by atoms with Crippen LogP contribution in [0, 0.1) is 0 Å². The van der Waals surface area contributed by atoms with Gasteiger partial charge in [0, 0.05) is 31.5 Å². The zero-order valence-corrected chi connectivity index (χ0v) is 12.0. The van der Waals surface area contributed by atoms with Gasteiger partial charge in [0.05, 0.1) is 13.2 Å². The molecule has 0 aliphatic carbocycles. The Balaban J connectivity index is 2.37. The Hall–Kier alpha value is -0.920. The summed E-state index contributed by atoms with van der Waals surface area (Å²) in [6.07, 6.45) is 0. The first-order valence-corrected chi connectivity index (χ1v) is 7.12. The number of halogens is 3. The lowest BCUT2D eigenvalue weighted by atomic mass is 10.2. The van der Waals surface area contributed by atoms with Gasteiger partial charge in [-0.15, -0.1) is 0 Å². The van der Waals surface area contributed by atoms with E-state index in [2.05, 4.69) is 5.32 Å². The maximum atomic E-state index is 12.0. The van der Waals surface area contributed by atoms with Crippen molar-refractivity contribution >= 4 is 11.8 Å². The predicted octanol–water partition coefficient (Wildman–Crippen LogP) is 3.05. The zero-order chi connectivity index (χ0) is 14.8. The van der Waals surface area contributed by atoms with Crippen LogP contribution in [0.3, 0.4) is 0 Å². The van der Waals surface area contributed by atoms with E-state index in [-0.39, 0.29) is 24.1 Å². The molecule has 0 radical (unpaired) electrons. The molecule has 0 aliphatic rings. The SMILES string of the molecule is COCCNCc1ccccc1OCCSC(F)(F)F. The molecule has 114 valence electrons. The van der Waals surface area contributed by atoms with Crippen molar-refractivity contribution in [1.29, 1.82) is 0 Å². The normalized spacial score (nSPS) is 11.6. The second-order valence-corrected chi connectivity index (χ2v) is 5.08. The number of methoxy groups -OCH3 is 1. The molecule has 3 nitrogen and oxygen atoms in total. The van der Waals surface area contributed by atoms with Gasteiger partial charge in [-0.05, 0) is 17.8 Å². The summed E-state index contributed by atoms with van der Waals surface area (Å²) < 4.78 is 46.3. The molecule has 1 aromatic rings. The smallest absolute Gasteiger partial charge is 0.441 e. The fraction of sp³-hybridized carbons (Fsp3) is 0.538. The van der Waals surface area contributed by atoms with Crippen LogP contribution in [0.15, 0.2) is 24.3 Å². The molecule has 1 aromatic carbocycles. The number of para-hydroxylation sites is 1. The van der Waals surface area contributed by atoms with Gasteiger partial charge in [0.2, 0.25) is 0 Å². The molecule has 0 bridgehead atoms. The average Bonchev–Trinajstić information content (AvgIpc) is 2.40. The highest BCUT2D eigenvalue weighted by atomic mass is 32.2. The van der Waals surface area contributed by atoms with E-state index >= 15 is 0 Å². The van der Waals surface area contributed by atoms with Gasteiger partial charge < -0.3 is 14.8 Å². The highest BCUT2D eigenvalue weighted by molar-refractivity contribution is 8.00. The minimum atomic E-state index is -4.20. The minimum Gasteiger partial charge on any atom is -0.492 e. The molecule has 1 N–H and O–H groups in total. The molecular formula is C13H18F3NO2S. The van der Waals surface area contributed by atoms with Crippen molar-refractivity contribution in [3.05, 3.63) is 29.8 Å². The van der Waals surface area contributed by atoms with Crippen LogP contribution in [0.25, 0.3) is 0 Å². The topological polar surface area (TPSA) is 30.5 Å². The summed E-state index contributed by atoms with van der Waals surface area (Å²) in [4.78, 5) is 0. The van der Waals surface area contributed by atoms with Gasteiger partial charge in [-0.1, -0.05) is 18.2 Å². The first-order chi connectivity index (χ1) is 9.53. The van der Waals surface area contributed by atoms with Gasteiger partial charge in [0.25, 0.3) is 0 Å². The highest BCUT2D eigenvalue weighted by Gasteiger charge is 2.27. The Labute approximate surface area is 120 Å². The van der Waals surface area contributed by atoms with Gasteiger partial charge in [-0.25, -0.2) is 0 Å². The standard InChI is InChI=1S/C13H18F3NO2S/c1-18-7-6-17-10-11-4-2-3-5-12(11)19-8-9-20-13(14,15)16/h2-5,17H,6-10H2,1H3. The van der Waals surface area contributed by atoms with Gasteiger partial charge in [0.15, 0.2) is 0 Å². The lowest BCUT2D eigenvalue weighted by molar-refractivity contribution is -0.0329. The molecule has 0 aromatic heterocycles. The Kier molecular flexibility index (Phi) is 7.79. The highest BCUT2D eigenvalue weighted by Crippen LogP contribution is 2.30. The van der Waals surface area contributed by atoms with Crippen LogP contribution < -0.4 is 10.1 Å². The fourth-order valence-corrected chi connectivity index (χ4v) is 1.90. The van der Waals surface area contributed by atoms with E-state index in [0.717, 1.165) is 5.56 Å². The third kappa shape index (κ3) is 7.62. The molecule has 1 rings (SSSR count). The van der Waals surface area contributed by atoms with Gasteiger partial charge in [-0.3, -0.25) is 0 Å². The van der Waals surface area contributed by atoms with E-state index in [4.69, 9.17) is 9.47 Å².